The number of sulfonamides is 1. The predicted molar refractivity (Wildman–Crippen MR) is 165 cm³/mol. The van der Waals surface area contributed by atoms with Gasteiger partial charge in [0.05, 0.1) is 24.7 Å². The fourth-order valence-corrected chi connectivity index (χ4v) is 5.02. The average molecular weight is 573 g/mol. The molecule has 1 heterocycles. The zero-order chi connectivity index (χ0) is 29.9. The minimum absolute atomic E-state index is 0.0816. The van der Waals surface area contributed by atoms with Crippen molar-refractivity contribution in [2.75, 3.05) is 42.4 Å². The first-order valence-electron chi connectivity index (χ1n) is 12.8. The zero-order valence-electron chi connectivity index (χ0n) is 23.8. The third-order valence-corrected chi connectivity index (χ3v) is 7.21. The largest absolute Gasteiger partial charge is 0.492 e. The molecule has 0 aliphatic heterocycles. The van der Waals surface area contributed by atoms with Crippen LogP contribution in [0.2, 0.25) is 0 Å². The van der Waals surface area contributed by atoms with Crippen molar-refractivity contribution < 1.29 is 22.7 Å². The van der Waals surface area contributed by atoms with E-state index < -0.39 is 21.7 Å². The van der Waals surface area contributed by atoms with Gasteiger partial charge in [-0.25, -0.2) is 13.4 Å². The lowest BCUT2D eigenvalue weighted by molar-refractivity contribution is -0.112. The molecular weight excluding hydrogens is 540 g/mol. The Labute approximate surface area is 239 Å². The van der Waals surface area contributed by atoms with E-state index in [2.05, 4.69) is 15.0 Å². The maximum atomic E-state index is 13.5. The van der Waals surface area contributed by atoms with Gasteiger partial charge in [0.25, 0.3) is 11.7 Å². The molecule has 0 unspecified atom stereocenters. The molecule has 0 atom stereocenters. The summed E-state index contributed by atoms with van der Waals surface area (Å²) < 4.78 is 31.9. The van der Waals surface area contributed by atoms with Crippen LogP contribution in [-0.4, -0.2) is 52.6 Å². The molecular formula is C31H32N4O5S. The van der Waals surface area contributed by atoms with E-state index in [-0.39, 0.29) is 22.7 Å². The zero-order valence-corrected chi connectivity index (χ0v) is 24.6. The van der Waals surface area contributed by atoms with E-state index >= 15 is 0 Å². The van der Waals surface area contributed by atoms with E-state index in [4.69, 9.17) is 4.74 Å². The second kappa shape index (κ2) is 11.8. The number of hydrogen-bond acceptors (Lipinski definition) is 7. The molecule has 0 radical (unpaired) electrons. The number of aromatic nitrogens is 1. The van der Waals surface area contributed by atoms with Gasteiger partial charge in [0, 0.05) is 31.4 Å². The number of nitrogens with zero attached hydrogens (tertiary/aromatic N) is 2. The van der Waals surface area contributed by atoms with Gasteiger partial charge in [0.2, 0.25) is 10.0 Å². The maximum absolute atomic E-state index is 13.5. The molecule has 1 amide bonds. The van der Waals surface area contributed by atoms with Gasteiger partial charge >= 0.3 is 0 Å². The molecule has 0 aliphatic carbocycles. The fourth-order valence-electron chi connectivity index (χ4n) is 4.47. The standard InChI is InChI=1S/C31H32N4O5S/c1-7-19(2)21-16-26(30(40-5)27(17-21)34-41(6,38)39)33-31(37)29(36)25-14-13-22(23-10-8-9-11-24(23)25)20-12-15-28(32-18-20)35(3)4/h7-18,34H,1-6H3,(H,33,37)/b19-7+. The number of anilines is 3. The smallest absolute Gasteiger partial charge is 0.296 e. The van der Waals surface area contributed by atoms with Crippen LogP contribution in [0.5, 0.6) is 5.75 Å². The molecule has 212 valence electrons. The van der Waals surface area contributed by atoms with Crippen LogP contribution in [0, 0.1) is 0 Å². The van der Waals surface area contributed by atoms with Crippen LogP contribution in [0.15, 0.2) is 72.9 Å². The number of nitrogens with one attached hydrogen (secondary N) is 2. The summed E-state index contributed by atoms with van der Waals surface area (Å²) in [6, 6.07) is 17.9. The molecule has 3 aromatic carbocycles. The van der Waals surface area contributed by atoms with E-state index in [0.29, 0.717) is 10.9 Å². The number of carbonyl (C=O) groups is 2. The molecule has 10 heteroatoms. The quantitative estimate of drug-likeness (QED) is 0.198. The summed E-state index contributed by atoms with van der Waals surface area (Å²) in [7, 11) is 1.53. The van der Waals surface area contributed by atoms with Crippen molar-refractivity contribution >= 4 is 55.3 Å². The van der Waals surface area contributed by atoms with Crippen molar-refractivity contribution in [1.29, 1.82) is 0 Å². The van der Waals surface area contributed by atoms with Gasteiger partial charge < -0.3 is 15.0 Å². The van der Waals surface area contributed by atoms with Gasteiger partial charge in [-0.1, -0.05) is 36.4 Å². The Kier molecular flexibility index (Phi) is 8.44. The minimum Gasteiger partial charge on any atom is -0.492 e. The number of Topliss-reactive ketones (excluding diaryl/α,β-unsaturated/α-hetero) is 1. The molecule has 0 saturated carbocycles. The molecule has 41 heavy (non-hydrogen) atoms. The molecule has 1 aromatic heterocycles. The summed E-state index contributed by atoms with van der Waals surface area (Å²) in [6.45, 7) is 3.69. The number of ketones is 1. The highest BCUT2D eigenvalue weighted by molar-refractivity contribution is 7.92. The first-order valence-corrected chi connectivity index (χ1v) is 14.7. The van der Waals surface area contributed by atoms with Crippen molar-refractivity contribution in [3.05, 3.63) is 84.1 Å². The van der Waals surface area contributed by atoms with Gasteiger partial charge in [0.15, 0.2) is 5.75 Å². The van der Waals surface area contributed by atoms with Crippen LogP contribution in [0.1, 0.15) is 29.8 Å². The third-order valence-electron chi connectivity index (χ3n) is 6.62. The number of hydrogen-bond donors (Lipinski definition) is 2. The van der Waals surface area contributed by atoms with Crippen molar-refractivity contribution in [2.24, 2.45) is 0 Å². The molecule has 0 fully saturated rings. The van der Waals surface area contributed by atoms with E-state index in [0.717, 1.165) is 34.2 Å². The summed E-state index contributed by atoms with van der Waals surface area (Å²) in [5, 5.41) is 4.06. The Bertz CT molecular complexity index is 1780. The van der Waals surface area contributed by atoms with Crippen molar-refractivity contribution in [3.63, 3.8) is 0 Å². The van der Waals surface area contributed by atoms with Crippen LogP contribution in [0.4, 0.5) is 17.2 Å². The van der Waals surface area contributed by atoms with Crippen LogP contribution in [-0.2, 0) is 14.8 Å². The minimum atomic E-state index is -3.66. The summed E-state index contributed by atoms with van der Waals surface area (Å²) in [4.78, 5) is 33.3. The summed E-state index contributed by atoms with van der Waals surface area (Å²) >= 11 is 0. The number of methoxy groups -OCH3 is 1. The highest BCUT2D eigenvalue weighted by Crippen LogP contribution is 2.38. The average Bonchev–Trinajstić information content (AvgIpc) is 2.94. The Hall–Kier alpha value is -4.70. The lowest BCUT2D eigenvalue weighted by Gasteiger charge is -2.18. The van der Waals surface area contributed by atoms with E-state index in [1.807, 2.05) is 69.3 Å². The second-order valence-electron chi connectivity index (χ2n) is 9.74. The molecule has 0 saturated heterocycles. The maximum Gasteiger partial charge on any atom is 0.296 e. The normalized spacial score (nSPS) is 11.7. The Morgan fingerprint density at radius 2 is 1.66 bits per heavy atom. The molecule has 0 aliphatic rings. The van der Waals surface area contributed by atoms with Gasteiger partial charge in [-0.3, -0.25) is 14.3 Å². The number of amides is 1. The van der Waals surface area contributed by atoms with E-state index in [1.165, 1.54) is 7.11 Å². The Morgan fingerprint density at radius 3 is 2.24 bits per heavy atom. The van der Waals surface area contributed by atoms with E-state index in [1.54, 1.807) is 36.5 Å². The van der Waals surface area contributed by atoms with Crippen molar-refractivity contribution in [1.82, 2.24) is 4.98 Å². The van der Waals surface area contributed by atoms with Crippen LogP contribution in [0.3, 0.4) is 0 Å². The number of carbonyl (C=O) groups excluding carboxylic acids is 2. The fraction of sp³-hybridized carbons (Fsp3) is 0.194. The number of ether oxygens (including phenoxy) is 1. The number of allylic oxidation sites excluding steroid dienone is 2. The summed E-state index contributed by atoms with van der Waals surface area (Å²) in [5.41, 5.74) is 3.76. The molecule has 4 aromatic rings. The Balaban J connectivity index is 1.74. The van der Waals surface area contributed by atoms with Crippen LogP contribution in [0.25, 0.3) is 27.5 Å². The van der Waals surface area contributed by atoms with Crippen molar-refractivity contribution in [2.45, 2.75) is 13.8 Å². The molecule has 0 spiro atoms. The van der Waals surface area contributed by atoms with Crippen molar-refractivity contribution in [3.8, 4) is 16.9 Å². The monoisotopic (exact) mass is 572 g/mol. The lowest BCUT2D eigenvalue weighted by atomic mass is 9.94. The first-order chi connectivity index (χ1) is 19.4. The first kappa shape index (κ1) is 29.3. The molecule has 2 N–H and O–H groups in total. The number of pyridine rings is 1. The lowest BCUT2D eigenvalue weighted by Crippen LogP contribution is -2.24. The number of benzene rings is 3. The van der Waals surface area contributed by atoms with E-state index in [9.17, 15) is 18.0 Å². The van der Waals surface area contributed by atoms with Crippen LogP contribution >= 0.6 is 0 Å². The molecule has 0 bridgehead atoms. The SMILES string of the molecule is C/C=C(\C)c1cc(NC(=O)C(=O)c2ccc(-c3ccc(N(C)C)nc3)c3ccccc23)c(OC)c(NS(C)(=O)=O)c1. The summed E-state index contributed by atoms with van der Waals surface area (Å²) in [5.74, 6) is -0.737. The third kappa shape index (κ3) is 6.38. The second-order valence-corrected chi connectivity index (χ2v) is 11.5. The van der Waals surface area contributed by atoms with Gasteiger partial charge in [0.1, 0.15) is 5.82 Å². The van der Waals surface area contributed by atoms with Gasteiger partial charge in [-0.05, 0) is 71.7 Å². The summed E-state index contributed by atoms with van der Waals surface area (Å²) in [6.07, 6.45) is 4.64. The van der Waals surface area contributed by atoms with Gasteiger partial charge in [-0.15, -0.1) is 0 Å². The molecule has 9 nitrogen and oxygen atoms in total. The number of fused-ring (bicyclic) bond motifs is 1. The van der Waals surface area contributed by atoms with Crippen LogP contribution < -0.4 is 19.7 Å². The highest BCUT2D eigenvalue weighted by atomic mass is 32.2. The molecule has 4 rings (SSSR count). The topological polar surface area (TPSA) is 118 Å². The highest BCUT2D eigenvalue weighted by Gasteiger charge is 2.23. The predicted octanol–water partition coefficient (Wildman–Crippen LogP) is 5.59. The van der Waals surface area contributed by atoms with Gasteiger partial charge in [-0.2, -0.15) is 0 Å². The number of rotatable bonds is 9. The Morgan fingerprint density at radius 1 is 0.976 bits per heavy atom.